The van der Waals surface area contributed by atoms with Crippen molar-refractivity contribution >= 4 is 16.8 Å². The molecule has 0 radical (unpaired) electrons. The van der Waals surface area contributed by atoms with Gasteiger partial charge in [0.25, 0.3) is 0 Å². The smallest absolute Gasteiger partial charge is 0.217 e. The largest absolute Gasteiger partial charge is 0.370 e. The van der Waals surface area contributed by atoms with E-state index in [0.29, 0.717) is 12.8 Å². The van der Waals surface area contributed by atoms with Crippen LogP contribution in [0.4, 0.5) is 0 Å². The minimum Gasteiger partial charge on any atom is -0.370 e. The van der Waals surface area contributed by atoms with E-state index in [1.807, 2.05) is 6.92 Å². The highest BCUT2D eigenvalue weighted by Crippen LogP contribution is 2.30. The maximum absolute atomic E-state index is 11.0. The van der Waals surface area contributed by atoms with Gasteiger partial charge in [0.2, 0.25) is 5.91 Å². The summed E-state index contributed by atoms with van der Waals surface area (Å²) in [5.41, 5.74) is 9.72. The molecule has 106 valence electrons. The van der Waals surface area contributed by atoms with Gasteiger partial charge in [0.1, 0.15) is 0 Å². The lowest BCUT2D eigenvalue weighted by molar-refractivity contribution is -0.117. The number of fused-ring (bicyclic) bond motifs is 1. The zero-order chi connectivity index (χ0) is 14.9. The van der Waals surface area contributed by atoms with E-state index in [9.17, 15) is 4.79 Å². The van der Waals surface area contributed by atoms with Crippen molar-refractivity contribution in [1.29, 1.82) is 0 Å². The number of benzene rings is 1. The molecule has 1 aromatic heterocycles. The van der Waals surface area contributed by atoms with Crippen LogP contribution in [0.3, 0.4) is 0 Å². The third kappa shape index (κ3) is 2.98. The second kappa shape index (κ2) is 5.23. The molecule has 1 heterocycles. The molecule has 20 heavy (non-hydrogen) atoms. The fourth-order valence-electron chi connectivity index (χ4n) is 2.53. The number of rotatable bonds is 3. The van der Waals surface area contributed by atoms with Crippen molar-refractivity contribution in [3.05, 3.63) is 41.1 Å². The maximum atomic E-state index is 11.0. The van der Waals surface area contributed by atoms with Gasteiger partial charge in [-0.15, -0.1) is 0 Å². The van der Waals surface area contributed by atoms with Gasteiger partial charge < -0.3 is 5.73 Å². The number of hydrogen-bond donors (Lipinski definition) is 1. The van der Waals surface area contributed by atoms with Gasteiger partial charge in [0.15, 0.2) is 0 Å². The minimum atomic E-state index is -0.264. The van der Waals surface area contributed by atoms with Crippen LogP contribution in [0.1, 0.15) is 44.0 Å². The first kappa shape index (κ1) is 14.5. The zero-order valence-corrected chi connectivity index (χ0v) is 12.7. The molecule has 2 aromatic rings. The van der Waals surface area contributed by atoms with Crippen molar-refractivity contribution in [2.24, 2.45) is 5.73 Å². The molecule has 0 atom stereocenters. The zero-order valence-electron chi connectivity index (χ0n) is 12.7. The van der Waals surface area contributed by atoms with Gasteiger partial charge >= 0.3 is 0 Å². The number of primary amides is 1. The van der Waals surface area contributed by atoms with Gasteiger partial charge in [0, 0.05) is 17.5 Å². The van der Waals surface area contributed by atoms with E-state index in [1.54, 1.807) is 0 Å². The van der Waals surface area contributed by atoms with E-state index in [1.165, 1.54) is 5.56 Å². The highest BCUT2D eigenvalue weighted by atomic mass is 16.1. The van der Waals surface area contributed by atoms with Gasteiger partial charge in [-0.2, -0.15) is 0 Å². The van der Waals surface area contributed by atoms with Crippen LogP contribution in [0.5, 0.6) is 0 Å². The van der Waals surface area contributed by atoms with Crippen LogP contribution in [0, 0.1) is 6.92 Å². The number of nitrogens with zero attached hydrogens (tertiary/aromatic N) is 1. The number of pyridine rings is 1. The molecule has 3 heteroatoms. The average molecular weight is 270 g/mol. The molecule has 2 N–H and O–H groups in total. The van der Waals surface area contributed by atoms with E-state index < -0.39 is 0 Å². The fourth-order valence-corrected chi connectivity index (χ4v) is 2.53. The SMILES string of the molecule is Cc1cc(CCC(N)=O)c2cccc(C(C)(C)C)c2n1. The molecule has 2 rings (SSSR count). The number of para-hydroxylation sites is 1. The van der Waals surface area contributed by atoms with Crippen LogP contribution in [0.2, 0.25) is 0 Å². The van der Waals surface area contributed by atoms with Crippen molar-refractivity contribution in [2.75, 3.05) is 0 Å². The number of carbonyl (C=O) groups is 1. The first-order valence-electron chi connectivity index (χ1n) is 6.97. The Labute approximate surface area is 120 Å². The summed E-state index contributed by atoms with van der Waals surface area (Å²) in [5, 5.41) is 1.13. The number of aromatic nitrogens is 1. The maximum Gasteiger partial charge on any atom is 0.217 e. The summed E-state index contributed by atoms with van der Waals surface area (Å²) in [6, 6.07) is 8.32. The van der Waals surface area contributed by atoms with Crippen LogP contribution in [0.15, 0.2) is 24.3 Å². The normalized spacial score (nSPS) is 11.8. The number of aryl methyl sites for hydroxylation is 2. The predicted octanol–water partition coefficient (Wildman–Crippen LogP) is 3.26. The number of amides is 1. The van der Waals surface area contributed by atoms with Crippen molar-refractivity contribution in [3.63, 3.8) is 0 Å². The highest BCUT2D eigenvalue weighted by molar-refractivity contribution is 5.86. The summed E-state index contributed by atoms with van der Waals surface area (Å²) >= 11 is 0. The second-order valence-corrected chi connectivity index (χ2v) is 6.34. The lowest BCUT2D eigenvalue weighted by Crippen LogP contribution is -2.14. The number of hydrogen-bond acceptors (Lipinski definition) is 2. The number of carbonyl (C=O) groups excluding carboxylic acids is 1. The van der Waals surface area contributed by atoms with Crippen LogP contribution < -0.4 is 5.73 Å². The monoisotopic (exact) mass is 270 g/mol. The van der Waals surface area contributed by atoms with Crippen LogP contribution >= 0.6 is 0 Å². The molecule has 1 aromatic carbocycles. The second-order valence-electron chi connectivity index (χ2n) is 6.34. The van der Waals surface area contributed by atoms with Crippen LogP contribution in [-0.4, -0.2) is 10.9 Å². The molecule has 0 spiro atoms. The Balaban J connectivity index is 2.63. The average Bonchev–Trinajstić information content (AvgIpc) is 2.33. The van der Waals surface area contributed by atoms with Crippen LogP contribution in [-0.2, 0) is 16.6 Å². The molecule has 3 nitrogen and oxygen atoms in total. The predicted molar refractivity (Wildman–Crippen MR) is 82.7 cm³/mol. The molecule has 0 fully saturated rings. The third-order valence-corrected chi connectivity index (χ3v) is 3.50. The molecule has 0 unspecified atom stereocenters. The lowest BCUT2D eigenvalue weighted by Gasteiger charge is -2.21. The van der Waals surface area contributed by atoms with Crippen molar-refractivity contribution < 1.29 is 4.79 Å². The summed E-state index contributed by atoms with van der Waals surface area (Å²) in [7, 11) is 0. The third-order valence-electron chi connectivity index (χ3n) is 3.50. The Morgan fingerprint density at radius 3 is 2.60 bits per heavy atom. The first-order chi connectivity index (χ1) is 9.29. The van der Waals surface area contributed by atoms with Crippen LogP contribution in [0.25, 0.3) is 10.9 Å². The van der Waals surface area contributed by atoms with Crippen molar-refractivity contribution in [2.45, 2.75) is 46.0 Å². The van der Waals surface area contributed by atoms with Crippen molar-refractivity contribution in [3.8, 4) is 0 Å². The topological polar surface area (TPSA) is 56.0 Å². The lowest BCUT2D eigenvalue weighted by atomic mass is 9.84. The van der Waals surface area contributed by atoms with E-state index >= 15 is 0 Å². The van der Waals surface area contributed by atoms with E-state index in [-0.39, 0.29) is 11.3 Å². The number of nitrogens with two attached hydrogens (primary N) is 1. The van der Waals surface area contributed by atoms with Gasteiger partial charge in [0.05, 0.1) is 5.52 Å². The van der Waals surface area contributed by atoms with E-state index in [2.05, 4.69) is 45.0 Å². The van der Waals surface area contributed by atoms with Gasteiger partial charge in [-0.1, -0.05) is 39.0 Å². The highest BCUT2D eigenvalue weighted by Gasteiger charge is 2.18. The van der Waals surface area contributed by atoms with E-state index in [0.717, 1.165) is 22.2 Å². The minimum absolute atomic E-state index is 0.0429. The fraction of sp³-hybridized carbons (Fsp3) is 0.412. The summed E-state index contributed by atoms with van der Waals surface area (Å²) in [6.07, 6.45) is 1.04. The molecular weight excluding hydrogens is 248 g/mol. The Hall–Kier alpha value is -1.90. The Morgan fingerprint density at radius 2 is 2.00 bits per heavy atom. The molecule has 0 saturated heterocycles. The summed E-state index contributed by atoms with van der Waals surface area (Å²) < 4.78 is 0. The van der Waals surface area contributed by atoms with Gasteiger partial charge in [-0.3, -0.25) is 9.78 Å². The van der Waals surface area contributed by atoms with Gasteiger partial charge in [-0.05, 0) is 36.0 Å². The molecule has 0 saturated carbocycles. The molecule has 0 bridgehead atoms. The summed E-state index contributed by atoms with van der Waals surface area (Å²) in [6.45, 7) is 8.56. The quantitative estimate of drug-likeness (QED) is 0.930. The van der Waals surface area contributed by atoms with E-state index in [4.69, 9.17) is 10.7 Å². The first-order valence-corrected chi connectivity index (χ1v) is 6.97. The summed E-state index contributed by atoms with van der Waals surface area (Å²) in [4.78, 5) is 15.7. The summed E-state index contributed by atoms with van der Waals surface area (Å²) in [5.74, 6) is -0.264. The molecule has 0 aliphatic rings. The Kier molecular flexibility index (Phi) is 3.80. The molecule has 1 amide bonds. The standard InChI is InChI=1S/C17H22N2O/c1-11-10-12(8-9-15(18)20)13-6-5-7-14(16(13)19-11)17(2,3)4/h5-7,10H,8-9H2,1-4H3,(H2,18,20). The van der Waals surface area contributed by atoms with Gasteiger partial charge in [-0.25, -0.2) is 0 Å². The molecule has 0 aliphatic heterocycles. The van der Waals surface area contributed by atoms with Crippen molar-refractivity contribution in [1.82, 2.24) is 4.98 Å². The Morgan fingerprint density at radius 1 is 1.30 bits per heavy atom. The molecular formula is C17H22N2O. The Bertz CT molecular complexity index is 654. The molecule has 0 aliphatic carbocycles.